The van der Waals surface area contributed by atoms with Gasteiger partial charge in [0.25, 0.3) is 0 Å². The predicted octanol–water partition coefficient (Wildman–Crippen LogP) is 7.56. The lowest BCUT2D eigenvalue weighted by Crippen LogP contribution is -2.52. The van der Waals surface area contributed by atoms with Crippen molar-refractivity contribution < 1.29 is 14.3 Å². The highest BCUT2D eigenvalue weighted by atomic mass is 16.6. The van der Waals surface area contributed by atoms with Gasteiger partial charge in [0.2, 0.25) is 5.91 Å². The SMILES string of the molecule is CC.CCC(=O)N(CCCCC(C)C)C(NCCCNC(=O)OC(C)(C)C)C(C)C.Cc1ccccc1. The van der Waals surface area contributed by atoms with Gasteiger partial charge in [-0.2, -0.15) is 0 Å². The van der Waals surface area contributed by atoms with Gasteiger partial charge in [0, 0.05) is 19.5 Å². The molecule has 0 spiro atoms. The van der Waals surface area contributed by atoms with Crippen LogP contribution in [-0.4, -0.2) is 48.3 Å². The molecule has 0 radical (unpaired) electrons. The zero-order chi connectivity index (χ0) is 28.9. The van der Waals surface area contributed by atoms with Crippen molar-refractivity contribution in [2.24, 2.45) is 11.8 Å². The monoisotopic (exact) mass is 521 g/mol. The molecule has 2 amide bonds. The third-order valence-electron chi connectivity index (χ3n) is 5.34. The molecule has 0 aliphatic heterocycles. The number of rotatable bonds is 13. The van der Waals surface area contributed by atoms with Gasteiger partial charge >= 0.3 is 6.09 Å². The minimum absolute atomic E-state index is 0.0213. The summed E-state index contributed by atoms with van der Waals surface area (Å²) in [5.74, 6) is 1.22. The molecule has 1 rings (SSSR count). The van der Waals surface area contributed by atoms with Crippen LogP contribution < -0.4 is 10.6 Å². The van der Waals surface area contributed by atoms with Gasteiger partial charge in [0.15, 0.2) is 0 Å². The summed E-state index contributed by atoms with van der Waals surface area (Å²) >= 11 is 0. The lowest BCUT2D eigenvalue weighted by atomic mass is 10.0. The van der Waals surface area contributed by atoms with E-state index in [0.717, 1.165) is 32.4 Å². The number of hydrogen-bond acceptors (Lipinski definition) is 4. The fourth-order valence-corrected chi connectivity index (χ4v) is 3.54. The standard InChI is InChI=1S/C22H45N3O3.C7H8.C2H6/c1-9-19(26)25(16-11-10-13-17(2)3)20(18(4)5)23-14-12-15-24-21(27)28-22(6,7)8;1-7-5-3-2-4-6-7;1-2/h17-18,20,23H,9-16H2,1-8H3,(H,24,27);2-6H,1H3;1-2H3. The van der Waals surface area contributed by atoms with Gasteiger partial charge < -0.3 is 15.0 Å². The van der Waals surface area contributed by atoms with Gasteiger partial charge in [0.05, 0.1) is 6.17 Å². The largest absolute Gasteiger partial charge is 0.444 e. The third-order valence-corrected chi connectivity index (χ3v) is 5.34. The summed E-state index contributed by atoms with van der Waals surface area (Å²) in [6.07, 6.45) is 4.32. The average Bonchev–Trinajstić information content (AvgIpc) is 2.82. The molecule has 0 aliphatic rings. The Balaban J connectivity index is 0. The highest BCUT2D eigenvalue weighted by molar-refractivity contribution is 5.76. The number of nitrogens with one attached hydrogen (secondary N) is 2. The second-order valence-corrected chi connectivity index (χ2v) is 10.9. The number of carbonyl (C=O) groups is 2. The molecular weight excluding hydrogens is 462 g/mol. The molecule has 0 fully saturated rings. The summed E-state index contributed by atoms with van der Waals surface area (Å²) < 4.78 is 5.24. The van der Waals surface area contributed by atoms with E-state index in [4.69, 9.17) is 4.74 Å². The minimum atomic E-state index is -0.484. The number of benzene rings is 1. The van der Waals surface area contributed by atoms with Gasteiger partial charge in [-0.25, -0.2) is 4.79 Å². The third kappa shape index (κ3) is 21.7. The van der Waals surface area contributed by atoms with Crippen LogP contribution in [0, 0.1) is 18.8 Å². The van der Waals surface area contributed by atoms with Crippen LogP contribution in [0.2, 0.25) is 0 Å². The summed E-state index contributed by atoms with van der Waals surface area (Å²) in [4.78, 5) is 26.2. The van der Waals surface area contributed by atoms with Crippen molar-refractivity contribution in [3.63, 3.8) is 0 Å². The molecule has 2 N–H and O–H groups in total. The van der Waals surface area contributed by atoms with Gasteiger partial charge in [-0.1, -0.05) is 97.2 Å². The van der Waals surface area contributed by atoms with Crippen molar-refractivity contribution >= 4 is 12.0 Å². The Morgan fingerprint density at radius 3 is 1.97 bits per heavy atom. The molecule has 37 heavy (non-hydrogen) atoms. The Labute approximate surface area is 229 Å². The van der Waals surface area contributed by atoms with Crippen LogP contribution in [0.1, 0.15) is 107 Å². The normalized spacial score (nSPS) is 11.6. The Bertz CT molecular complexity index is 685. The second kappa shape index (κ2) is 22.0. The Morgan fingerprint density at radius 2 is 1.54 bits per heavy atom. The molecule has 6 nitrogen and oxygen atoms in total. The maximum Gasteiger partial charge on any atom is 0.407 e. The van der Waals surface area contributed by atoms with E-state index in [0.29, 0.717) is 24.8 Å². The minimum Gasteiger partial charge on any atom is -0.444 e. The van der Waals surface area contributed by atoms with Gasteiger partial charge in [-0.3, -0.25) is 10.1 Å². The molecule has 0 saturated heterocycles. The average molecular weight is 522 g/mol. The fourth-order valence-electron chi connectivity index (χ4n) is 3.54. The zero-order valence-corrected chi connectivity index (χ0v) is 25.9. The summed E-state index contributed by atoms with van der Waals surface area (Å²) in [7, 11) is 0. The van der Waals surface area contributed by atoms with Crippen LogP contribution in [0.15, 0.2) is 30.3 Å². The first kappa shape index (κ1) is 37.1. The molecular formula is C31H59N3O3. The van der Waals surface area contributed by atoms with E-state index in [1.54, 1.807) is 0 Å². The maximum atomic E-state index is 12.5. The number of carbonyl (C=O) groups excluding carboxylic acids is 2. The molecule has 1 unspecified atom stereocenters. The molecule has 216 valence electrons. The molecule has 0 saturated carbocycles. The zero-order valence-electron chi connectivity index (χ0n) is 25.9. The fraction of sp³-hybridized carbons (Fsp3) is 0.742. The highest BCUT2D eigenvalue weighted by Crippen LogP contribution is 2.14. The van der Waals surface area contributed by atoms with E-state index in [1.807, 2.05) is 64.6 Å². The first-order valence-electron chi connectivity index (χ1n) is 14.4. The smallest absolute Gasteiger partial charge is 0.407 e. The number of unbranched alkanes of at least 4 members (excludes halogenated alkanes) is 1. The number of ether oxygens (including phenoxy) is 1. The van der Waals surface area contributed by atoms with Gasteiger partial charge in [0.1, 0.15) is 5.60 Å². The number of aryl methyl sites for hydroxylation is 1. The first-order chi connectivity index (χ1) is 17.4. The van der Waals surface area contributed by atoms with Crippen molar-refractivity contribution in [2.45, 2.75) is 120 Å². The van der Waals surface area contributed by atoms with E-state index in [2.05, 4.69) is 57.4 Å². The summed E-state index contributed by atoms with van der Waals surface area (Å²) in [6.45, 7) is 24.4. The van der Waals surface area contributed by atoms with Crippen LogP contribution in [0.3, 0.4) is 0 Å². The number of alkyl carbamates (subject to hydrolysis) is 1. The first-order valence-corrected chi connectivity index (χ1v) is 14.4. The van der Waals surface area contributed by atoms with E-state index in [9.17, 15) is 9.59 Å². The van der Waals surface area contributed by atoms with E-state index in [1.165, 1.54) is 12.0 Å². The molecule has 1 aromatic rings. The second-order valence-electron chi connectivity index (χ2n) is 10.9. The summed E-state index contributed by atoms with van der Waals surface area (Å²) in [5, 5.41) is 6.30. The quantitative estimate of drug-likeness (QED) is 0.207. The van der Waals surface area contributed by atoms with Crippen molar-refractivity contribution in [2.75, 3.05) is 19.6 Å². The number of hydrogen-bond donors (Lipinski definition) is 2. The molecule has 0 aromatic heterocycles. The topological polar surface area (TPSA) is 70.7 Å². The van der Waals surface area contributed by atoms with Gasteiger partial charge in [-0.05, 0) is 58.9 Å². The Kier molecular flexibility index (Phi) is 22.0. The van der Waals surface area contributed by atoms with Crippen molar-refractivity contribution in [1.82, 2.24) is 15.5 Å². The highest BCUT2D eigenvalue weighted by Gasteiger charge is 2.24. The maximum absolute atomic E-state index is 12.5. The Hall–Kier alpha value is -2.08. The predicted molar refractivity (Wildman–Crippen MR) is 159 cm³/mol. The van der Waals surface area contributed by atoms with Gasteiger partial charge in [-0.15, -0.1) is 0 Å². The van der Waals surface area contributed by atoms with E-state index >= 15 is 0 Å². The summed E-state index contributed by atoms with van der Waals surface area (Å²) in [6, 6.07) is 10.3. The number of amides is 2. The number of nitrogens with zero attached hydrogens (tertiary/aromatic N) is 1. The Morgan fingerprint density at radius 1 is 0.946 bits per heavy atom. The van der Waals surface area contributed by atoms with Crippen LogP contribution in [0.5, 0.6) is 0 Å². The summed E-state index contributed by atoms with van der Waals surface area (Å²) in [5.41, 5.74) is 0.837. The molecule has 1 aromatic carbocycles. The van der Waals surface area contributed by atoms with Crippen molar-refractivity contribution in [3.8, 4) is 0 Å². The van der Waals surface area contributed by atoms with Crippen molar-refractivity contribution in [1.29, 1.82) is 0 Å². The molecule has 0 aliphatic carbocycles. The lowest BCUT2D eigenvalue weighted by molar-refractivity contribution is -0.135. The molecule has 0 heterocycles. The van der Waals surface area contributed by atoms with Crippen LogP contribution >= 0.6 is 0 Å². The van der Waals surface area contributed by atoms with Crippen molar-refractivity contribution in [3.05, 3.63) is 35.9 Å². The van der Waals surface area contributed by atoms with Crippen LogP contribution in [-0.2, 0) is 9.53 Å². The lowest BCUT2D eigenvalue weighted by Gasteiger charge is -2.35. The molecule has 6 heteroatoms. The van der Waals surface area contributed by atoms with E-state index < -0.39 is 5.60 Å². The van der Waals surface area contributed by atoms with E-state index in [-0.39, 0.29) is 18.2 Å². The van der Waals surface area contributed by atoms with Crippen LogP contribution in [0.25, 0.3) is 0 Å². The molecule has 1 atom stereocenters. The molecule has 0 bridgehead atoms. The van der Waals surface area contributed by atoms with Crippen LogP contribution in [0.4, 0.5) is 4.79 Å².